The van der Waals surface area contributed by atoms with Gasteiger partial charge in [0.15, 0.2) is 0 Å². The van der Waals surface area contributed by atoms with Crippen molar-refractivity contribution in [2.45, 2.75) is 36.3 Å². The summed E-state index contributed by atoms with van der Waals surface area (Å²) in [6.07, 6.45) is 6.52. The van der Waals surface area contributed by atoms with Gasteiger partial charge >= 0.3 is 171 Å². The van der Waals surface area contributed by atoms with Gasteiger partial charge in [-0.2, -0.15) is 0 Å². The maximum absolute atomic E-state index is 12.3. The Balaban J connectivity index is 1.63. The molecule has 0 aromatic carbocycles. The van der Waals surface area contributed by atoms with Crippen molar-refractivity contribution in [3.05, 3.63) is 8.74 Å². The number of piperidine rings is 2. The van der Waals surface area contributed by atoms with Crippen molar-refractivity contribution >= 4 is 43.2 Å². The molecular formula is C18H30InN3O4S. The molecule has 2 N–H and O–H groups in total. The summed E-state index contributed by atoms with van der Waals surface area (Å²) in [5.41, 5.74) is 0.832. The number of allylic oxidation sites excluding steroid dienone is 1. The van der Waals surface area contributed by atoms with Crippen LogP contribution in [0.15, 0.2) is 11.7 Å². The average Bonchev–Trinajstić information content (AvgIpc) is 3.06. The third-order valence-electron chi connectivity index (χ3n) is 5.96. The van der Waals surface area contributed by atoms with Crippen LogP contribution in [0.5, 0.6) is 0 Å². The van der Waals surface area contributed by atoms with Crippen LogP contribution in [0.2, 0.25) is 4.18 Å². The fourth-order valence-electron chi connectivity index (χ4n) is 4.44. The van der Waals surface area contributed by atoms with Gasteiger partial charge in [0.2, 0.25) is 0 Å². The summed E-state index contributed by atoms with van der Waals surface area (Å²) in [7, 11) is -3.24. The minimum absolute atomic E-state index is 0.0616. The van der Waals surface area contributed by atoms with Crippen molar-refractivity contribution in [1.82, 2.24) is 10.2 Å². The molecule has 0 amide bonds. The van der Waals surface area contributed by atoms with Gasteiger partial charge in [0.25, 0.3) is 0 Å². The van der Waals surface area contributed by atoms with Crippen LogP contribution in [0.1, 0.15) is 32.1 Å². The van der Waals surface area contributed by atoms with E-state index in [0.717, 1.165) is 41.7 Å². The van der Waals surface area contributed by atoms with Gasteiger partial charge in [0.05, 0.1) is 0 Å². The average molecular weight is 499 g/mol. The van der Waals surface area contributed by atoms with Crippen LogP contribution in [-0.2, 0) is 14.6 Å². The zero-order valence-corrected chi connectivity index (χ0v) is 20.2. The van der Waals surface area contributed by atoms with Gasteiger partial charge < -0.3 is 0 Å². The van der Waals surface area contributed by atoms with Crippen molar-refractivity contribution in [1.29, 1.82) is 0 Å². The number of nitrogens with one attached hydrogen (secondary N) is 1. The van der Waals surface area contributed by atoms with Crippen molar-refractivity contribution in [2.75, 3.05) is 39.0 Å². The van der Waals surface area contributed by atoms with Crippen LogP contribution < -0.4 is 5.32 Å². The van der Waals surface area contributed by atoms with Gasteiger partial charge in [0, 0.05) is 0 Å². The Labute approximate surface area is 170 Å². The number of carboxylic acids is 1. The van der Waals surface area contributed by atoms with Crippen molar-refractivity contribution in [3.63, 3.8) is 0 Å². The Hall–Kier alpha value is -0.380. The van der Waals surface area contributed by atoms with Crippen LogP contribution in [0.3, 0.4) is 0 Å². The maximum atomic E-state index is 12.3. The van der Waals surface area contributed by atoms with E-state index in [9.17, 15) is 13.2 Å². The molecule has 0 aliphatic carbocycles. The van der Waals surface area contributed by atoms with Crippen molar-refractivity contribution in [2.24, 2.45) is 14.8 Å². The molecule has 3 heterocycles. The first-order chi connectivity index (χ1) is 12.8. The third-order valence-corrected chi connectivity index (χ3v) is 14.2. The number of hydrogen-bond donors (Lipinski definition) is 2. The third kappa shape index (κ3) is 6.05. The number of sulfone groups is 1. The molecule has 3 aliphatic rings. The Bertz CT molecular complexity index is 708. The zero-order valence-electron chi connectivity index (χ0n) is 16.1. The normalized spacial score (nSPS) is 23.4. The molecule has 0 atom stereocenters. The van der Waals surface area contributed by atoms with Crippen LogP contribution in [0.25, 0.3) is 0 Å². The predicted molar refractivity (Wildman–Crippen MR) is 108 cm³/mol. The second-order valence-electron chi connectivity index (χ2n) is 8.10. The summed E-state index contributed by atoms with van der Waals surface area (Å²) in [5.74, 6) is 0.116. The summed E-state index contributed by atoms with van der Waals surface area (Å²) >= 11 is -2.34. The molecular weight excluding hydrogens is 469 g/mol. The molecule has 0 saturated carbocycles. The van der Waals surface area contributed by atoms with Gasteiger partial charge in [0.1, 0.15) is 0 Å². The summed E-state index contributed by atoms with van der Waals surface area (Å²) < 4.78 is 32.9. The summed E-state index contributed by atoms with van der Waals surface area (Å²) in [6.45, 7) is 3.65. The SMILES string of the molecule is CS(=O)(=O)C1=[CH][In]([CH2]CC2CCNCC2)[N]=C1C1CCN(CC(=O)O)CC1. The first kappa shape index (κ1) is 21.3. The molecule has 0 radical (unpaired) electrons. The summed E-state index contributed by atoms with van der Waals surface area (Å²) in [5, 5.41) is 12.3. The van der Waals surface area contributed by atoms with E-state index >= 15 is 0 Å². The van der Waals surface area contributed by atoms with E-state index in [1.807, 2.05) is 4.90 Å². The molecule has 0 aromatic heterocycles. The monoisotopic (exact) mass is 499 g/mol. The van der Waals surface area contributed by atoms with Gasteiger partial charge in [-0.3, -0.25) is 0 Å². The van der Waals surface area contributed by atoms with Crippen LogP contribution in [-0.4, -0.2) is 90.8 Å². The summed E-state index contributed by atoms with van der Waals surface area (Å²) in [6, 6.07) is 0. The quantitative estimate of drug-likeness (QED) is 0.545. The van der Waals surface area contributed by atoms with E-state index in [2.05, 4.69) is 9.15 Å². The molecule has 0 unspecified atom stereocenters. The molecule has 0 aromatic rings. The van der Waals surface area contributed by atoms with Gasteiger partial charge in [-0.25, -0.2) is 0 Å². The molecule has 150 valence electrons. The topological polar surface area (TPSA) is 99.1 Å². The van der Waals surface area contributed by atoms with E-state index in [4.69, 9.17) is 8.09 Å². The number of aliphatic carboxylic acids is 1. The molecule has 9 heteroatoms. The molecule has 2 saturated heterocycles. The number of rotatable bonds is 7. The molecule has 3 aliphatic heterocycles. The van der Waals surface area contributed by atoms with E-state index < -0.39 is 37.5 Å². The van der Waals surface area contributed by atoms with Gasteiger partial charge in [-0.1, -0.05) is 0 Å². The number of likely N-dealkylation sites (tertiary alicyclic amines) is 1. The number of carbonyl (C=O) groups is 1. The van der Waals surface area contributed by atoms with E-state index in [1.54, 1.807) is 0 Å². The van der Waals surface area contributed by atoms with E-state index in [0.29, 0.717) is 18.0 Å². The van der Waals surface area contributed by atoms with Crippen molar-refractivity contribution in [3.8, 4) is 0 Å². The second kappa shape index (κ2) is 9.41. The first-order valence-corrected chi connectivity index (χ1v) is 17.6. The first-order valence-electron chi connectivity index (χ1n) is 9.97. The summed E-state index contributed by atoms with van der Waals surface area (Å²) in [4.78, 5) is 13.3. The van der Waals surface area contributed by atoms with Crippen LogP contribution in [0, 0.1) is 11.8 Å². The number of carboxylic acid groups (broad SMARTS) is 1. The van der Waals surface area contributed by atoms with E-state index in [1.165, 1.54) is 25.5 Å². The van der Waals surface area contributed by atoms with E-state index in [-0.39, 0.29) is 12.5 Å². The van der Waals surface area contributed by atoms with Gasteiger partial charge in [-0.15, -0.1) is 0 Å². The fraction of sp³-hybridized carbons (Fsp3) is 0.778. The minimum atomic E-state index is -3.24. The Morgan fingerprint density at radius 1 is 1.30 bits per heavy atom. The van der Waals surface area contributed by atoms with Gasteiger partial charge in [-0.05, 0) is 0 Å². The Morgan fingerprint density at radius 3 is 2.56 bits per heavy atom. The molecule has 0 bridgehead atoms. The fourth-order valence-corrected chi connectivity index (χ4v) is 15.6. The number of hydrogen-bond acceptors (Lipinski definition) is 6. The number of nitrogens with zero attached hydrogens (tertiary/aromatic N) is 2. The molecule has 3 rings (SSSR count). The molecule has 27 heavy (non-hydrogen) atoms. The van der Waals surface area contributed by atoms with Crippen molar-refractivity contribution < 1.29 is 18.3 Å². The Morgan fingerprint density at radius 2 is 1.96 bits per heavy atom. The standard InChI is InChI=1S/C11H16N2O4S.C7H14N.In/c1-8(18(2,16)17)11(12)9-3-5-13(6-4-9)7-10(14)15;1-2-7-3-5-8-6-4-7;/h1,9H,3-7H2,2H3,(H,14,15);7-8H,1-6H2;/q-1;;+1. The molecule has 7 nitrogen and oxygen atoms in total. The zero-order chi connectivity index (χ0) is 19.4. The van der Waals surface area contributed by atoms with Crippen LogP contribution >= 0.6 is 0 Å². The second-order valence-corrected chi connectivity index (χ2v) is 16.7. The van der Waals surface area contributed by atoms with Crippen LogP contribution in [0.4, 0.5) is 0 Å². The molecule has 0 spiro atoms. The Kier molecular flexibility index (Phi) is 7.44. The molecule has 2 fully saturated rings. The predicted octanol–water partition coefficient (Wildman–Crippen LogP) is 1.09.